The number of ether oxygens (including phenoxy) is 1. The van der Waals surface area contributed by atoms with E-state index >= 15 is 0 Å². The first-order chi connectivity index (χ1) is 16.5. The number of carbonyl (C=O) groups excluding carboxylic acids is 1. The molecule has 3 aliphatic rings. The number of hydrogen-bond donors (Lipinski definition) is 0. The molecule has 2 aromatic heterocycles. The van der Waals surface area contributed by atoms with Crippen molar-refractivity contribution in [3.63, 3.8) is 0 Å². The van der Waals surface area contributed by atoms with Crippen LogP contribution in [0.25, 0.3) is 11.1 Å². The predicted molar refractivity (Wildman–Crippen MR) is 130 cm³/mol. The number of benzene rings is 1. The van der Waals surface area contributed by atoms with Gasteiger partial charge in [-0.3, -0.25) is 14.2 Å². The summed E-state index contributed by atoms with van der Waals surface area (Å²) in [7, 11) is 1.95. The summed E-state index contributed by atoms with van der Waals surface area (Å²) in [5.74, 6) is 1.61. The molecule has 0 radical (unpaired) electrons. The maximum atomic E-state index is 12.2. The predicted octanol–water partition coefficient (Wildman–Crippen LogP) is 3.79. The van der Waals surface area contributed by atoms with Crippen molar-refractivity contribution in [1.29, 1.82) is 0 Å². The zero-order valence-corrected chi connectivity index (χ0v) is 20.2. The van der Waals surface area contributed by atoms with E-state index in [2.05, 4.69) is 46.0 Å². The summed E-state index contributed by atoms with van der Waals surface area (Å²) < 4.78 is 9.76. The molecule has 0 spiro atoms. The Balaban J connectivity index is 1.44. The van der Waals surface area contributed by atoms with E-state index in [1.165, 1.54) is 28.1 Å². The molecule has 3 aromatic rings. The van der Waals surface area contributed by atoms with Gasteiger partial charge in [-0.05, 0) is 42.0 Å². The number of aromatic nitrogens is 4. The van der Waals surface area contributed by atoms with E-state index in [0.717, 1.165) is 50.3 Å². The first-order valence-electron chi connectivity index (χ1n) is 12.3. The number of amides is 1. The van der Waals surface area contributed by atoms with Crippen LogP contribution in [0.2, 0.25) is 0 Å². The lowest BCUT2D eigenvalue weighted by atomic mass is 9.89. The molecular formula is C26H32N6O2. The average Bonchev–Trinajstić information content (AvgIpc) is 3.59. The van der Waals surface area contributed by atoms with Crippen LogP contribution in [-0.4, -0.2) is 56.7 Å². The number of fused-ring (bicyclic) bond motifs is 2. The molecule has 8 nitrogen and oxygen atoms in total. The smallest absolute Gasteiger partial charge is 0.219 e. The van der Waals surface area contributed by atoms with Crippen molar-refractivity contribution in [2.45, 2.75) is 51.6 Å². The van der Waals surface area contributed by atoms with Gasteiger partial charge >= 0.3 is 0 Å². The van der Waals surface area contributed by atoms with Crippen LogP contribution in [0.1, 0.15) is 55.5 Å². The maximum absolute atomic E-state index is 12.2. The van der Waals surface area contributed by atoms with Crippen LogP contribution in [0, 0.1) is 0 Å². The van der Waals surface area contributed by atoms with Crippen LogP contribution in [0.3, 0.4) is 0 Å². The minimum absolute atomic E-state index is 0.127. The highest BCUT2D eigenvalue weighted by atomic mass is 16.5. The van der Waals surface area contributed by atoms with Gasteiger partial charge < -0.3 is 14.5 Å². The largest absolute Gasteiger partial charge is 0.379 e. The normalized spacial score (nSPS) is 22.1. The van der Waals surface area contributed by atoms with Gasteiger partial charge in [0.25, 0.3) is 0 Å². The second kappa shape index (κ2) is 8.27. The summed E-state index contributed by atoms with van der Waals surface area (Å²) in [5.41, 5.74) is 7.37. The summed E-state index contributed by atoms with van der Waals surface area (Å²) in [6, 6.07) is 7.03. The first-order valence-corrected chi connectivity index (χ1v) is 12.3. The van der Waals surface area contributed by atoms with Crippen LogP contribution in [0.4, 0.5) is 11.5 Å². The zero-order chi connectivity index (χ0) is 23.4. The molecule has 1 aromatic carbocycles. The van der Waals surface area contributed by atoms with Crippen molar-refractivity contribution >= 4 is 17.4 Å². The summed E-state index contributed by atoms with van der Waals surface area (Å²) in [5, 5.41) is 9.56. The van der Waals surface area contributed by atoms with E-state index in [-0.39, 0.29) is 11.9 Å². The molecule has 178 valence electrons. The third-order valence-corrected chi connectivity index (χ3v) is 7.69. The van der Waals surface area contributed by atoms with E-state index in [0.29, 0.717) is 19.1 Å². The lowest BCUT2D eigenvalue weighted by Gasteiger charge is -2.35. The van der Waals surface area contributed by atoms with Gasteiger partial charge in [-0.25, -0.2) is 0 Å². The summed E-state index contributed by atoms with van der Waals surface area (Å²) in [6.45, 7) is 7.78. The molecule has 6 rings (SSSR count). The van der Waals surface area contributed by atoms with Crippen molar-refractivity contribution in [3.05, 3.63) is 47.4 Å². The number of hydrogen-bond acceptors (Lipinski definition) is 5. The van der Waals surface area contributed by atoms with Crippen LogP contribution in [0.5, 0.6) is 0 Å². The minimum Gasteiger partial charge on any atom is -0.379 e. The van der Waals surface area contributed by atoms with E-state index in [1.807, 2.05) is 22.8 Å². The molecule has 5 heterocycles. The molecular weight excluding hydrogens is 428 g/mol. The quantitative estimate of drug-likeness (QED) is 0.595. The molecule has 3 aliphatic heterocycles. The molecule has 1 fully saturated rings. The number of aryl methyl sites for hydroxylation is 1. The van der Waals surface area contributed by atoms with Crippen LogP contribution < -0.4 is 4.90 Å². The Labute approximate surface area is 200 Å². The fourth-order valence-electron chi connectivity index (χ4n) is 5.69. The minimum atomic E-state index is 0.127. The fraction of sp³-hybridized carbons (Fsp3) is 0.500. The van der Waals surface area contributed by atoms with Crippen molar-refractivity contribution in [3.8, 4) is 11.1 Å². The molecule has 0 aliphatic carbocycles. The highest BCUT2D eigenvalue weighted by Crippen LogP contribution is 2.43. The van der Waals surface area contributed by atoms with Crippen LogP contribution in [-0.2, 0) is 29.5 Å². The third kappa shape index (κ3) is 3.52. The van der Waals surface area contributed by atoms with Gasteiger partial charge in [0.15, 0.2) is 5.82 Å². The molecule has 1 amide bonds. The number of carbonyl (C=O) groups is 1. The second-order valence-electron chi connectivity index (χ2n) is 9.92. The molecule has 34 heavy (non-hydrogen) atoms. The highest BCUT2D eigenvalue weighted by Gasteiger charge is 2.34. The molecule has 0 saturated carbocycles. The molecule has 8 heteroatoms. The van der Waals surface area contributed by atoms with E-state index < -0.39 is 0 Å². The topological polar surface area (TPSA) is 68.4 Å². The van der Waals surface area contributed by atoms with Crippen LogP contribution >= 0.6 is 0 Å². The van der Waals surface area contributed by atoms with E-state index in [9.17, 15) is 4.79 Å². The monoisotopic (exact) mass is 460 g/mol. The van der Waals surface area contributed by atoms with Crippen molar-refractivity contribution in [1.82, 2.24) is 24.5 Å². The Hall–Kier alpha value is -3.13. The van der Waals surface area contributed by atoms with Crippen molar-refractivity contribution in [2.75, 3.05) is 31.2 Å². The number of rotatable bonds is 3. The van der Waals surface area contributed by atoms with E-state index in [4.69, 9.17) is 9.84 Å². The Morgan fingerprint density at radius 2 is 2.06 bits per heavy atom. The fourth-order valence-corrected chi connectivity index (χ4v) is 5.69. The molecule has 0 N–H and O–H groups in total. The van der Waals surface area contributed by atoms with Crippen molar-refractivity contribution < 1.29 is 9.53 Å². The molecule has 0 unspecified atom stereocenters. The molecule has 1 saturated heterocycles. The van der Waals surface area contributed by atoms with Gasteiger partial charge in [0, 0.05) is 68.8 Å². The molecule has 0 bridgehead atoms. The number of anilines is 2. The Morgan fingerprint density at radius 3 is 2.79 bits per heavy atom. The third-order valence-electron chi connectivity index (χ3n) is 7.69. The lowest BCUT2D eigenvalue weighted by Crippen LogP contribution is -2.36. The zero-order valence-electron chi connectivity index (χ0n) is 20.2. The Bertz CT molecular complexity index is 1240. The summed E-state index contributed by atoms with van der Waals surface area (Å²) in [6.07, 6.45) is 6.88. The Kier molecular flexibility index (Phi) is 5.21. The Morgan fingerprint density at radius 1 is 1.18 bits per heavy atom. The first kappa shape index (κ1) is 21.4. The van der Waals surface area contributed by atoms with E-state index in [1.54, 1.807) is 6.92 Å². The van der Waals surface area contributed by atoms with Crippen molar-refractivity contribution in [2.24, 2.45) is 7.05 Å². The average molecular weight is 461 g/mol. The van der Waals surface area contributed by atoms with Crippen LogP contribution in [0.15, 0.2) is 30.6 Å². The van der Waals surface area contributed by atoms with Gasteiger partial charge in [-0.1, -0.05) is 13.0 Å². The summed E-state index contributed by atoms with van der Waals surface area (Å²) >= 11 is 0. The van der Waals surface area contributed by atoms with Gasteiger partial charge in [-0.2, -0.15) is 10.2 Å². The highest BCUT2D eigenvalue weighted by molar-refractivity contribution is 5.76. The standard InChI is InChI=1S/C26H32N6O2/c1-17-6-10-31(24-5-4-19(12-22(17)24)20-13-27-29(3)14-20)26-23-15-30(18(2)33)9-7-25(23)32(28-26)21-8-11-34-16-21/h4-5,12-14,17,21H,6-11,15-16H2,1-3H3/t17-,21-/m1/s1. The van der Waals surface area contributed by atoms with Gasteiger partial charge in [0.2, 0.25) is 5.91 Å². The van der Waals surface area contributed by atoms with Gasteiger partial charge in [0.1, 0.15) is 0 Å². The second-order valence-corrected chi connectivity index (χ2v) is 9.92. The summed E-state index contributed by atoms with van der Waals surface area (Å²) in [4.78, 5) is 16.6. The maximum Gasteiger partial charge on any atom is 0.219 e. The lowest BCUT2D eigenvalue weighted by molar-refractivity contribution is -0.129. The SMILES string of the molecule is CC(=O)N1CCc2c(c(N3CC[C@@H](C)c4cc(-c5cnn(C)c5)ccc43)nn2[C@@H]2CCOC2)C1. The van der Waals surface area contributed by atoms with Gasteiger partial charge in [0.05, 0.1) is 25.4 Å². The molecule has 2 atom stereocenters. The number of nitrogens with zero attached hydrogens (tertiary/aromatic N) is 6. The van der Waals surface area contributed by atoms with Gasteiger partial charge in [-0.15, -0.1) is 0 Å².